The molecule has 1 nitrogen and oxygen atoms in total. The first-order valence-corrected chi connectivity index (χ1v) is 3.13. The van der Waals surface area contributed by atoms with Gasteiger partial charge in [-0.1, -0.05) is 29.8 Å². The Morgan fingerprint density at radius 2 is 2.00 bits per heavy atom. The Labute approximate surface area is 62.1 Å². The summed E-state index contributed by atoms with van der Waals surface area (Å²) in [6.45, 7) is 1.81. The highest BCUT2D eigenvalue weighted by Crippen LogP contribution is 2.02. The van der Waals surface area contributed by atoms with Gasteiger partial charge in [0.2, 0.25) is 0 Å². The molecular formula is C9H10O. The first-order valence-electron chi connectivity index (χ1n) is 3.84. The molecule has 0 unspecified atom stereocenters. The lowest BCUT2D eigenvalue weighted by Crippen LogP contribution is -1.90. The van der Waals surface area contributed by atoms with Crippen molar-refractivity contribution in [2.45, 2.75) is 13.8 Å². The van der Waals surface area contributed by atoms with E-state index < -0.39 is 0 Å². The van der Waals surface area contributed by atoms with Gasteiger partial charge in [-0.25, -0.2) is 0 Å². The monoisotopic (exact) mass is 135 g/mol. The maximum atomic E-state index is 10.8. The summed E-state index contributed by atoms with van der Waals surface area (Å²) < 4.78 is 7.04. The number of carbonyl (C=O) groups excluding carboxylic acids is 1. The first kappa shape index (κ1) is 5.66. The standard InChI is InChI=1S/C9H10O/c1-7-3-5-9(6-4-7)8(2)10/h3-6H,1-2H3/i1D. The largest absolute Gasteiger partial charge is 0.295 e. The van der Waals surface area contributed by atoms with Gasteiger partial charge in [-0.3, -0.25) is 4.79 Å². The van der Waals surface area contributed by atoms with Gasteiger partial charge < -0.3 is 0 Å². The summed E-state index contributed by atoms with van der Waals surface area (Å²) >= 11 is 0. The molecule has 0 saturated heterocycles. The van der Waals surface area contributed by atoms with Crippen molar-refractivity contribution >= 4 is 5.78 Å². The third kappa shape index (κ3) is 1.44. The van der Waals surface area contributed by atoms with Crippen LogP contribution in [0.15, 0.2) is 24.3 Å². The molecule has 0 spiro atoms. The third-order valence-corrected chi connectivity index (χ3v) is 1.36. The van der Waals surface area contributed by atoms with Crippen molar-refractivity contribution in [1.82, 2.24) is 0 Å². The van der Waals surface area contributed by atoms with E-state index in [1.165, 1.54) is 6.92 Å². The Morgan fingerprint density at radius 3 is 2.40 bits per heavy atom. The van der Waals surface area contributed by atoms with Crippen LogP contribution in [0.2, 0.25) is 0 Å². The van der Waals surface area contributed by atoms with E-state index >= 15 is 0 Å². The van der Waals surface area contributed by atoms with Crippen molar-refractivity contribution in [2.24, 2.45) is 0 Å². The highest BCUT2D eigenvalue weighted by molar-refractivity contribution is 5.93. The van der Waals surface area contributed by atoms with Crippen molar-refractivity contribution in [2.75, 3.05) is 0 Å². The van der Waals surface area contributed by atoms with E-state index in [1.807, 2.05) is 12.1 Å². The van der Waals surface area contributed by atoms with Crippen LogP contribution in [0.1, 0.15) is 24.2 Å². The Hall–Kier alpha value is -1.11. The summed E-state index contributed by atoms with van der Waals surface area (Å²) in [5, 5.41) is 0. The van der Waals surface area contributed by atoms with Gasteiger partial charge in [-0.05, 0) is 13.8 Å². The summed E-state index contributed by atoms with van der Waals surface area (Å²) in [4.78, 5) is 10.8. The minimum absolute atomic E-state index is 0.0709. The highest BCUT2D eigenvalue weighted by Gasteiger charge is 1.95. The van der Waals surface area contributed by atoms with Crippen LogP contribution in [0.3, 0.4) is 0 Å². The number of hydrogen-bond donors (Lipinski definition) is 0. The van der Waals surface area contributed by atoms with Crippen LogP contribution in [0, 0.1) is 6.90 Å². The fourth-order valence-electron chi connectivity index (χ4n) is 0.739. The number of ketones is 1. The maximum Gasteiger partial charge on any atom is 0.159 e. The van der Waals surface area contributed by atoms with Crippen LogP contribution < -0.4 is 0 Å². The lowest BCUT2D eigenvalue weighted by Gasteiger charge is -1.93. The predicted molar refractivity (Wildman–Crippen MR) is 41.2 cm³/mol. The Morgan fingerprint density at radius 1 is 1.40 bits per heavy atom. The zero-order valence-electron chi connectivity index (χ0n) is 6.92. The number of rotatable bonds is 1. The molecule has 0 aliphatic rings. The number of carbonyl (C=O) groups is 1. The number of hydrogen-bond acceptors (Lipinski definition) is 1. The molecule has 1 aromatic carbocycles. The van der Waals surface area contributed by atoms with Crippen molar-refractivity contribution in [3.63, 3.8) is 0 Å². The molecule has 0 aliphatic heterocycles. The number of benzene rings is 1. The van der Waals surface area contributed by atoms with E-state index in [0.29, 0.717) is 5.56 Å². The van der Waals surface area contributed by atoms with Gasteiger partial charge in [-0.2, -0.15) is 0 Å². The molecule has 0 aliphatic carbocycles. The van der Waals surface area contributed by atoms with Crippen LogP contribution in [0.25, 0.3) is 0 Å². The van der Waals surface area contributed by atoms with Crippen molar-refractivity contribution in [3.05, 3.63) is 35.4 Å². The average Bonchev–Trinajstić information content (AvgIpc) is 2.05. The zero-order chi connectivity index (χ0) is 8.27. The Balaban J connectivity index is 2.91. The van der Waals surface area contributed by atoms with E-state index in [4.69, 9.17) is 1.37 Å². The van der Waals surface area contributed by atoms with Crippen LogP contribution >= 0.6 is 0 Å². The fourth-order valence-corrected chi connectivity index (χ4v) is 0.739. The molecule has 10 heavy (non-hydrogen) atoms. The molecule has 0 radical (unpaired) electrons. The number of aryl methyl sites for hydroxylation is 1. The topological polar surface area (TPSA) is 17.1 Å². The smallest absolute Gasteiger partial charge is 0.159 e. The minimum Gasteiger partial charge on any atom is -0.295 e. The van der Waals surface area contributed by atoms with E-state index in [0.717, 1.165) is 5.56 Å². The quantitative estimate of drug-likeness (QED) is 0.539. The first-order chi connectivity index (χ1) is 5.24. The van der Waals surface area contributed by atoms with Crippen molar-refractivity contribution in [3.8, 4) is 0 Å². The lowest BCUT2D eigenvalue weighted by atomic mass is 10.1. The molecule has 1 rings (SSSR count). The van der Waals surface area contributed by atoms with Gasteiger partial charge in [0.15, 0.2) is 5.78 Å². The summed E-state index contributed by atoms with van der Waals surface area (Å²) in [6.07, 6.45) is 0. The molecule has 0 heterocycles. The highest BCUT2D eigenvalue weighted by atomic mass is 16.1. The zero-order valence-corrected chi connectivity index (χ0v) is 5.92. The second-order valence-corrected chi connectivity index (χ2v) is 2.25. The predicted octanol–water partition coefficient (Wildman–Crippen LogP) is 2.20. The molecule has 52 valence electrons. The van der Waals surface area contributed by atoms with Crippen LogP contribution in [-0.2, 0) is 0 Å². The van der Waals surface area contributed by atoms with Crippen LogP contribution in [0.5, 0.6) is 0 Å². The Bertz CT molecular complexity index is 251. The van der Waals surface area contributed by atoms with E-state index in [9.17, 15) is 4.79 Å². The van der Waals surface area contributed by atoms with Gasteiger partial charge in [0.1, 0.15) is 0 Å². The van der Waals surface area contributed by atoms with E-state index in [1.54, 1.807) is 12.1 Å². The normalized spacial score (nSPS) is 10.7. The van der Waals surface area contributed by atoms with Crippen LogP contribution in [0.4, 0.5) is 0 Å². The molecule has 0 saturated carbocycles. The Kier molecular flexibility index (Phi) is 1.50. The second kappa shape index (κ2) is 2.65. The lowest BCUT2D eigenvalue weighted by molar-refractivity contribution is 0.101. The second-order valence-electron chi connectivity index (χ2n) is 2.25. The molecule has 0 bridgehead atoms. The van der Waals surface area contributed by atoms with Gasteiger partial charge in [0.05, 0.1) is 0 Å². The minimum atomic E-state index is 0.0709. The van der Waals surface area contributed by atoms with Crippen molar-refractivity contribution < 1.29 is 6.17 Å². The molecule has 0 fully saturated rings. The summed E-state index contributed by atoms with van der Waals surface area (Å²) in [5.41, 5.74) is 1.65. The van der Waals surface area contributed by atoms with Crippen LogP contribution in [-0.4, -0.2) is 5.78 Å². The third-order valence-electron chi connectivity index (χ3n) is 1.36. The molecular weight excluding hydrogens is 124 g/mol. The summed E-state index contributed by atoms with van der Waals surface area (Å²) in [5.74, 6) is 0.0709. The van der Waals surface area contributed by atoms with E-state index in [2.05, 4.69) is 0 Å². The van der Waals surface area contributed by atoms with Gasteiger partial charge in [0, 0.05) is 6.93 Å². The van der Waals surface area contributed by atoms with Gasteiger partial charge >= 0.3 is 0 Å². The molecule has 0 N–H and O–H groups in total. The molecule has 1 heteroatoms. The fraction of sp³-hybridized carbons (Fsp3) is 0.222. The van der Waals surface area contributed by atoms with Gasteiger partial charge in [-0.15, -0.1) is 0 Å². The van der Waals surface area contributed by atoms with Gasteiger partial charge in [0.25, 0.3) is 0 Å². The molecule has 1 aromatic rings. The summed E-state index contributed by atoms with van der Waals surface area (Å²) in [7, 11) is 0. The number of Topliss-reactive ketones (excluding diaryl/α,β-unsaturated/α-hetero) is 1. The van der Waals surface area contributed by atoms with E-state index in [-0.39, 0.29) is 12.7 Å². The molecule has 0 amide bonds. The molecule has 0 aromatic heterocycles. The average molecular weight is 135 g/mol. The van der Waals surface area contributed by atoms with Crippen molar-refractivity contribution in [1.29, 1.82) is 0 Å². The summed E-state index contributed by atoms with van der Waals surface area (Å²) in [6, 6.07) is 7.13. The maximum absolute atomic E-state index is 10.8. The SMILES string of the molecule is [2H]Cc1ccc(C(C)=O)cc1. The molecule has 0 atom stereocenters.